The molecule has 27 heavy (non-hydrogen) atoms. The molecule has 1 aliphatic rings. The molecule has 0 unspecified atom stereocenters. The van der Waals surface area contributed by atoms with Crippen LogP contribution < -0.4 is 4.74 Å². The molecule has 2 aromatic rings. The first-order valence-corrected chi connectivity index (χ1v) is 8.17. The van der Waals surface area contributed by atoms with Gasteiger partial charge in [-0.3, -0.25) is 9.59 Å². The molecule has 1 amide bonds. The van der Waals surface area contributed by atoms with Crippen molar-refractivity contribution in [2.75, 3.05) is 13.1 Å². The fraction of sp³-hybridized carbons (Fsp3) is 0.263. The smallest absolute Gasteiger partial charge is 0.394 e. The standard InChI is InChI=1S/C19H16F3NO4/c20-19(21,22)16-11-23(10-15(16)18(25)26)17(24)12-6-8-14(9-7-12)27-13-4-2-1-3-5-13/h1-9,15-16H,10-11H2,(H,25,26)/t15-,16-/m1/s1. The van der Waals surface area contributed by atoms with E-state index in [9.17, 15) is 22.8 Å². The minimum absolute atomic E-state index is 0.169. The Labute approximate surface area is 153 Å². The molecule has 0 aromatic heterocycles. The van der Waals surface area contributed by atoms with Gasteiger partial charge in [-0.25, -0.2) is 0 Å². The molecule has 0 bridgehead atoms. The van der Waals surface area contributed by atoms with E-state index in [0.717, 1.165) is 4.90 Å². The van der Waals surface area contributed by atoms with E-state index >= 15 is 0 Å². The first-order valence-electron chi connectivity index (χ1n) is 8.17. The van der Waals surface area contributed by atoms with Crippen molar-refractivity contribution in [3.05, 3.63) is 60.2 Å². The Hall–Kier alpha value is -3.03. The molecule has 1 aliphatic heterocycles. The molecular weight excluding hydrogens is 363 g/mol. The van der Waals surface area contributed by atoms with Crippen LogP contribution in [0.3, 0.4) is 0 Å². The Kier molecular flexibility index (Phi) is 5.07. The number of carboxylic acid groups (broad SMARTS) is 1. The van der Waals surface area contributed by atoms with Crippen molar-refractivity contribution in [1.82, 2.24) is 4.90 Å². The van der Waals surface area contributed by atoms with E-state index in [2.05, 4.69) is 0 Å². The molecule has 1 heterocycles. The molecule has 5 nitrogen and oxygen atoms in total. The number of carbonyl (C=O) groups excluding carboxylic acids is 1. The SMILES string of the molecule is O=C(O)[C@@H]1CN(C(=O)c2ccc(Oc3ccccc3)cc2)C[C@H]1C(F)(F)F. The summed E-state index contributed by atoms with van der Waals surface area (Å²) in [5.74, 6) is -4.85. The van der Waals surface area contributed by atoms with Crippen LogP contribution in [0.25, 0.3) is 0 Å². The van der Waals surface area contributed by atoms with Crippen LogP contribution in [0.5, 0.6) is 11.5 Å². The Bertz CT molecular complexity index is 821. The predicted molar refractivity (Wildman–Crippen MR) is 89.5 cm³/mol. The predicted octanol–water partition coefficient (Wildman–Crippen LogP) is 3.81. The topological polar surface area (TPSA) is 66.8 Å². The summed E-state index contributed by atoms with van der Waals surface area (Å²) >= 11 is 0. The molecule has 8 heteroatoms. The number of carbonyl (C=O) groups is 2. The molecule has 2 aromatic carbocycles. The molecule has 1 saturated heterocycles. The Morgan fingerprint density at radius 1 is 0.963 bits per heavy atom. The molecule has 0 radical (unpaired) electrons. The first-order chi connectivity index (χ1) is 12.8. The van der Waals surface area contributed by atoms with E-state index in [1.807, 2.05) is 6.07 Å². The van der Waals surface area contributed by atoms with Crippen LogP contribution in [0.2, 0.25) is 0 Å². The van der Waals surface area contributed by atoms with Gasteiger partial charge in [0, 0.05) is 18.7 Å². The van der Waals surface area contributed by atoms with Gasteiger partial charge in [0.05, 0.1) is 11.8 Å². The molecule has 1 N–H and O–H groups in total. The van der Waals surface area contributed by atoms with Crippen LogP contribution >= 0.6 is 0 Å². The van der Waals surface area contributed by atoms with Crippen LogP contribution in [-0.4, -0.2) is 41.1 Å². The number of hydrogen-bond acceptors (Lipinski definition) is 3. The van der Waals surface area contributed by atoms with Crippen LogP contribution in [0, 0.1) is 11.8 Å². The van der Waals surface area contributed by atoms with Gasteiger partial charge < -0.3 is 14.7 Å². The van der Waals surface area contributed by atoms with Gasteiger partial charge in [-0.1, -0.05) is 18.2 Å². The number of amides is 1. The number of halogens is 3. The van der Waals surface area contributed by atoms with E-state index in [4.69, 9.17) is 9.84 Å². The van der Waals surface area contributed by atoms with E-state index in [-0.39, 0.29) is 5.56 Å². The number of rotatable bonds is 4. The lowest BCUT2D eigenvalue weighted by Gasteiger charge is -2.18. The van der Waals surface area contributed by atoms with Crippen molar-refractivity contribution < 1.29 is 32.6 Å². The molecule has 142 valence electrons. The number of ether oxygens (including phenoxy) is 1. The molecule has 0 aliphatic carbocycles. The molecular formula is C19H16F3NO4. The van der Waals surface area contributed by atoms with Crippen molar-refractivity contribution in [2.45, 2.75) is 6.18 Å². The maximum Gasteiger partial charge on any atom is 0.394 e. The highest BCUT2D eigenvalue weighted by atomic mass is 19.4. The molecule has 1 fully saturated rings. The van der Waals surface area contributed by atoms with E-state index < -0.39 is 43.0 Å². The summed E-state index contributed by atoms with van der Waals surface area (Å²) in [5, 5.41) is 9.04. The second kappa shape index (κ2) is 7.30. The van der Waals surface area contributed by atoms with Gasteiger partial charge in [0.2, 0.25) is 0 Å². The zero-order chi connectivity index (χ0) is 19.6. The number of likely N-dealkylation sites (tertiary alicyclic amines) is 1. The monoisotopic (exact) mass is 379 g/mol. The summed E-state index contributed by atoms with van der Waals surface area (Å²) < 4.78 is 44.8. The third-order valence-corrected chi connectivity index (χ3v) is 4.42. The summed E-state index contributed by atoms with van der Waals surface area (Å²) in [6.07, 6.45) is -4.68. The van der Waals surface area contributed by atoms with Crippen molar-refractivity contribution in [3.63, 3.8) is 0 Å². The highest BCUT2D eigenvalue weighted by Gasteiger charge is 2.53. The number of aliphatic carboxylic acids is 1. The third kappa shape index (κ3) is 4.21. The molecule has 3 rings (SSSR count). The van der Waals surface area contributed by atoms with Crippen LogP contribution in [0.4, 0.5) is 13.2 Å². The Morgan fingerprint density at radius 3 is 2.07 bits per heavy atom. The average Bonchev–Trinajstić information content (AvgIpc) is 3.09. The van der Waals surface area contributed by atoms with Gasteiger partial charge in [0.1, 0.15) is 11.5 Å². The maximum absolute atomic E-state index is 13.1. The van der Waals surface area contributed by atoms with Crippen molar-refractivity contribution in [3.8, 4) is 11.5 Å². The van der Waals surface area contributed by atoms with E-state index in [1.165, 1.54) is 24.3 Å². The van der Waals surface area contributed by atoms with Gasteiger partial charge in [0.25, 0.3) is 5.91 Å². The zero-order valence-corrected chi connectivity index (χ0v) is 14.0. The maximum atomic E-state index is 13.1. The third-order valence-electron chi connectivity index (χ3n) is 4.42. The van der Waals surface area contributed by atoms with Crippen molar-refractivity contribution in [2.24, 2.45) is 11.8 Å². The lowest BCUT2D eigenvalue weighted by molar-refractivity contribution is -0.187. The Morgan fingerprint density at radius 2 is 1.56 bits per heavy atom. The van der Waals surface area contributed by atoms with Crippen LogP contribution in [0.15, 0.2) is 54.6 Å². The number of para-hydroxylation sites is 1. The van der Waals surface area contributed by atoms with Gasteiger partial charge >= 0.3 is 12.1 Å². The van der Waals surface area contributed by atoms with Gasteiger partial charge in [0.15, 0.2) is 0 Å². The fourth-order valence-electron chi connectivity index (χ4n) is 3.02. The highest BCUT2D eigenvalue weighted by Crippen LogP contribution is 2.38. The number of hydrogen-bond donors (Lipinski definition) is 1. The quantitative estimate of drug-likeness (QED) is 0.877. The van der Waals surface area contributed by atoms with Gasteiger partial charge in [-0.15, -0.1) is 0 Å². The summed E-state index contributed by atoms with van der Waals surface area (Å²) in [6.45, 7) is -1.14. The largest absolute Gasteiger partial charge is 0.481 e. The van der Waals surface area contributed by atoms with E-state index in [0.29, 0.717) is 11.5 Å². The van der Waals surface area contributed by atoms with Crippen LogP contribution in [0.1, 0.15) is 10.4 Å². The number of benzene rings is 2. The van der Waals surface area contributed by atoms with E-state index in [1.54, 1.807) is 24.3 Å². The lowest BCUT2D eigenvalue weighted by atomic mass is 9.96. The number of carboxylic acids is 1. The molecule has 2 atom stereocenters. The normalized spacial score (nSPS) is 19.7. The second-order valence-electron chi connectivity index (χ2n) is 6.24. The highest BCUT2D eigenvalue weighted by molar-refractivity contribution is 5.95. The van der Waals surface area contributed by atoms with Gasteiger partial charge in [-0.2, -0.15) is 13.2 Å². The number of nitrogens with zero attached hydrogens (tertiary/aromatic N) is 1. The summed E-state index contributed by atoms with van der Waals surface area (Å²) in [6, 6.07) is 14.9. The number of alkyl halides is 3. The summed E-state index contributed by atoms with van der Waals surface area (Å²) in [5.41, 5.74) is 0.169. The van der Waals surface area contributed by atoms with Crippen LogP contribution in [-0.2, 0) is 4.79 Å². The lowest BCUT2D eigenvalue weighted by Crippen LogP contribution is -2.34. The Balaban J connectivity index is 1.71. The van der Waals surface area contributed by atoms with Gasteiger partial charge in [-0.05, 0) is 36.4 Å². The summed E-state index contributed by atoms with van der Waals surface area (Å²) in [7, 11) is 0. The fourth-order valence-corrected chi connectivity index (χ4v) is 3.02. The average molecular weight is 379 g/mol. The second-order valence-corrected chi connectivity index (χ2v) is 6.24. The minimum Gasteiger partial charge on any atom is -0.481 e. The molecule has 0 spiro atoms. The van der Waals surface area contributed by atoms with Crippen molar-refractivity contribution in [1.29, 1.82) is 0 Å². The zero-order valence-electron chi connectivity index (χ0n) is 14.0. The first kappa shape index (κ1) is 18.8. The summed E-state index contributed by atoms with van der Waals surface area (Å²) in [4.78, 5) is 24.5. The van der Waals surface area contributed by atoms with Crippen molar-refractivity contribution >= 4 is 11.9 Å². The molecule has 0 saturated carbocycles. The minimum atomic E-state index is -4.68.